The highest BCUT2D eigenvalue weighted by atomic mass is 32.1. The molecule has 0 spiro atoms. The zero-order valence-electron chi connectivity index (χ0n) is 15.6. The molecule has 3 atom stereocenters. The van der Waals surface area contributed by atoms with Gasteiger partial charge in [0, 0.05) is 43.9 Å². The van der Waals surface area contributed by atoms with Crippen molar-refractivity contribution in [3.8, 4) is 10.6 Å². The van der Waals surface area contributed by atoms with Crippen molar-refractivity contribution < 1.29 is 22.3 Å². The van der Waals surface area contributed by atoms with E-state index in [9.17, 15) is 13.2 Å². The maximum absolute atomic E-state index is 13.5. The molecular formula is C19H19F3N4O2S. The topological polar surface area (TPSA) is 63.4 Å². The number of nitrogens with zero attached hydrogens (tertiary/aromatic N) is 3. The van der Waals surface area contributed by atoms with Crippen molar-refractivity contribution >= 4 is 28.5 Å². The van der Waals surface area contributed by atoms with Gasteiger partial charge in [-0.2, -0.15) is 18.2 Å². The molecule has 3 aromatic rings. The van der Waals surface area contributed by atoms with E-state index in [1.807, 2.05) is 0 Å². The lowest BCUT2D eigenvalue weighted by molar-refractivity contribution is -0.215. The smallest absolute Gasteiger partial charge is 0.418 e. The Morgan fingerprint density at radius 2 is 2.03 bits per heavy atom. The average molecular weight is 424 g/mol. The van der Waals surface area contributed by atoms with Crippen LogP contribution in [0.15, 0.2) is 28.1 Å². The normalized spacial score (nSPS) is 23.1. The number of rotatable bonds is 4. The molecule has 154 valence electrons. The van der Waals surface area contributed by atoms with Gasteiger partial charge in [-0.05, 0) is 30.5 Å². The largest absolute Gasteiger partial charge is 0.423 e. The van der Waals surface area contributed by atoms with E-state index in [0.29, 0.717) is 39.8 Å². The summed E-state index contributed by atoms with van der Waals surface area (Å²) in [4.78, 5) is 10.9. The van der Waals surface area contributed by atoms with Crippen LogP contribution < -0.4 is 10.2 Å². The van der Waals surface area contributed by atoms with E-state index in [4.69, 9.17) is 9.15 Å². The SMILES string of the molecule is CO[C@@H](c1cc(-c2nccs2)c2oc(N3C[C@@H]4CC[C@@H](C3)N4)nc2c1)C(F)(F)F. The predicted octanol–water partition coefficient (Wildman–Crippen LogP) is 4.14. The minimum absolute atomic E-state index is 0.0158. The first kappa shape index (κ1) is 18.8. The molecule has 1 aromatic carbocycles. The van der Waals surface area contributed by atoms with Crippen LogP contribution in [0, 0.1) is 0 Å². The lowest BCUT2D eigenvalue weighted by Crippen LogP contribution is -2.51. The molecule has 2 bridgehead atoms. The number of hydrogen-bond donors (Lipinski definition) is 1. The van der Waals surface area contributed by atoms with Crippen LogP contribution in [-0.2, 0) is 4.74 Å². The predicted molar refractivity (Wildman–Crippen MR) is 103 cm³/mol. The van der Waals surface area contributed by atoms with Gasteiger partial charge in [-0.25, -0.2) is 4.98 Å². The highest BCUT2D eigenvalue weighted by Gasteiger charge is 2.42. The Morgan fingerprint density at radius 1 is 1.28 bits per heavy atom. The van der Waals surface area contributed by atoms with Gasteiger partial charge >= 0.3 is 6.18 Å². The number of nitrogens with one attached hydrogen (secondary N) is 1. The summed E-state index contributed by atoms with van der Waals surface area (Å²) < 4.78 is 51.3. The third-order valence-electron chi connectivity index (χ3n) is 5.49. The molecule has 2 aliphatic rings. The Balaban J connectivity index is 1.62. The molecule has 10 heteroatoms. The first-order valence-electron chi connectivity index (χ1n) is 9.37. The van der Waals surface area contributed by atoms with Crippen LogP contribution in [0.1, 0.15) is 24.5 Å². The Hall–Kier alpha value is -2.17. The van der Waals surface area contributed by atoms with Gasteiger partial charge in [0.15, 0.2) is 11.7 Å². The third-order valence-corrected chi connectivity index (χ3v) is 6.29. The van der Waals surface area contributed by atoms with Crippen LogP contribution >= 0.6 is 11.3 Å². The van der Waals surface area contributed by atoms with Gasteiger partial charge in [0.1, 0.15) is 10.5 Å². The number of aromatic nitrogens is 2. The fraction of sp³-hybridized carbons (Fsp3) is 0.474. The number of ether oxygens (including phenoxy) is 1. The van der Waals surface area contributed by atoms with E-state index in [2.05, 4.69) is 20.2 Å². The van der Waals surface area contributed by atoms with Crippen molar-refractivity contribution in [2.45, 2.75) is 37.2 Å². The van der Waals surface area contributed by atoms with E-state index >= 15 is 0 Å². The van der Waals surface area contributed by atoms with Gasteiger partial charge in [-0.15, -0.1) is 11.3 Å². The molecule has 2 saturated heterocycles. The van der Waals surface area contributed by atoms with Crippen LogP contribution in [0.4, 0.5) is 19.2 Å². The third kappa shape index (κ3) is 3.38. The van der Waals surface area contributed by atoms with E-state index in [-0.39, 0.29) is 5.56 Å². The van der Waals surface area contributed by atoms with Crippen molar-refractivity contribution in [3.63, 3.8) is 0 Å². The van der Waals surface area contributed by atoms with E-state index < -0.39 is 12.3 Å². The Bertz CT molecular complexity index is 1010. The molecule has 2 aromatic heterocycles. The van der Waals surface area contributed by atoms with Gasteiger partial charge < -0.3 is 19.4 Å². The van der Waals surface area contributed by atoms with Gasteiger partial charge in [0.25, 0.3) is 6.01 Å². The van der Waals surface area contributed by atoms with E-state index in [0.717, 1.165) is 33.0 Å². The van der Waals surface area contributed by atoms with Crippen LogP contribution in [0.25, 0.3) is 21.7 Å². The Morgan fingerprint density at radius 3 is 2.66 bits per heavy atom. The van der Waals surface area contributed by atoms with Crippen molar-refractivity contribution in [2.24, 2.45) is 0 Å². The maximum Gasteiger partial charge on any atom is 0.418 e. The number of methoxy groups -OCH3 is 1. The Labute approximate surface area is 168 Å². The molecule has 0 unspecified atom stereocenters. The van der Waals surface area contributed by atoms with Crippen molar-refractivity contribution in [1.29, 1.82) is 0 Å². The molecule has 2 fully saturated rings. The summed E-state index contributed by atoms with van der Waals surface area (Å²) >= 11 is 1.34. The standard InChI is InChI=1S/C19H19F3N4O2S/c1-27-16(19(20,21)22)10-6-13(17-23-4-5-29-17)15-14(7-10)25-18(28-15)26-8-11-2-3-12(9-26)24-11/h4-7,11-12,16,24H,2-3,8-9H2,1H3/t11-,12-,16-/m0/s1. The van der Waals surface area contributed by atoms with Gasteiger partial charge in [-0.1, -0.05) is 0 Å². The fourth-order valence-electron chi connectivity index (χ4n) is 4.26. The second-order valence-corrected chi connectivity index (χ2v) is 8.35. The summed E-state index contributed by atoms with van der Waals surface area (Å²) in [5.74, 6) is 0. The summed E-state index contributed by atoms with van der Waals surface area (Å²) in [6.45, 7) is 1.54. The number of benzene rings is 1. The first-order chi connectivity index (χ1) is 13.9. The molecule has 0 amide bonds. The molecule has 4 heterocycles. The monoisotopic (exact) mass is 424 g/mol. The second kappa shape index (κ2) is 6.96. The summed E-state index contributed by atoms with van der Waals surface area (Å²) in [6.07, 6.45) is -2.75. The summed E-state index contributed by atoms with van der Waals surface area (Å²) in [7, 11) is 1.05. The highest BCUT2D eigenvalue weighted by molar-refractivity contribution is 7.13. The number of piperazine rings is 1. The van der Waals surface area contributed by atoms with Crippen LogP contribution in [0.5, 0.6) is 0 Å². The molecule has 0 radical (unpaired) electrons. The number of oxazole rings is 1. The van der Waals surface area contributed by atoms with E-state index in [1.165, 1.54) is 23.5 Å². The van der Waals surface area contributed by atoms with E-state index in [1.54, 1.807) is 11.6 Å². The quantitative estimate of drug-likeness (QED) is 0.679. The Kier molecular flexibility index (Phi) is 4.52. The summed E-state index contributed by atoms with van der Waals surface area (Å²) in [5.41, 5.74) is 1.30. The van der Waals surface area contributed by atoms with Crippen LogP contribution in [0.3, 0.4) is 0 Å². The molecule has 2 aliphatic heterocycles. The lowest BCUT2D eigenvalue weighted by atomic mass is 10.0. The van der Waals surface area contributed by atoms with Gasteiger partial charge in [0.2, 0.25) is 0 Å². The zero-order valence-corrected chi connectivity index (χ0v) is 16.4. The van der Waals surface area contributed by atoms with Crippen molar-refractivity contribution in [3.05, 3.63) is 29.3 Å². The molecule has 0 saturated carbocycles. The van der Waals surface area contributed by atoms with Crippen LogP contribution in [0.2, 0.25) is 0 Å². The lowest BCUT2D eigenvalue weighted by Gasteiger charge is -2.31. The number of fused-ring (bicyclic) bond motifs is 3. The van der Waals surface area contributed by atoms with Crippen molar-refractivity contribution in [2.75, 3.05) is 25.1 Å². The second-order valence-electron chi connectivity index (χ2n) is 7.45. The number of halogens is 3. The minimum Gasteiger partial charge on any atom is -0.423 e. The average Bonchev–Trinajstić information content (AvgIpc) is 3.40. The van der Waals surface area contributed by atoms with Gasteiger partial charge in [0.05, 0.1) is 5.56 Å². The number of hydrogen-bond acceptors (Lipinski definition) is 7. The number of anilines is 1. The molecule has 6 nitrogen and oxygen atoms in total. The minimum atomic E-state index is -4.53. The zero-order chi connectivity index (χ0) is 20.2. The highest BCUT2D eigenvalue weighted by Crippen LogP contribution is 2.41. The maximum atomic E-state index is 13.5. The summed E-state index contributed by atoms with van der Waals surface area (Å²) in [5, 5.41) is 5.90. The molecule has 0 aliphatic carbocycles. The molecule has 5 rings (SSSR count). The van der Waals surface area contributed by atoms with Crippen LogP contribution in [-0.4, -0.2) is 48.4 Å². The summed E-state index contributed by atoms with van der Waals surface area (Å²) in [6, 6.07) is 4.06. The molecule has 29 heavy (non-hydrogen) atoms. The molecular weight excluding hydrogens is 405 g/mol. The fourth-order valence-corrected chi connectivity index (χ4v) is 4.91. The number of thiazole rings is 1. The first-order valence-corrected chi connectivity index (χ1v) is 10.2. The molecule has 1 N–H and O–H groups in total. The van der Waals surface area contributed by atoms with Crippen molar-refractivity contribution in [1.82, 2.24) is 15.3 Å². The number of alkyl halides is 3. The van der Waals surface area contributed by atoms with Gasteiger partial charge in [-0.3, -0.25) is 0 Å².